The summed E-state index contributed by atoms with van der Waals surface area (Å²) in [5.41, 5.74) is 6.70. The minimum Gasteiger partial charge on any atom is -0.481 e. The number of alkyl halides is 1. The van der Waals surface area contributed by atoms with Gasteiger partial charge < -0.3 is 10.1 Å². The third kappa shape index (κ3) is 4.58. The first-order valence-corrected chi connectivity index (χ1v) is 12.0. The molecule has 5 rings (SSSR count). The Morgan fingerprint density at radius 3 is 2.47 bits per heavy atom. The van der Waals surface area contributed by atoms with E-state index in [2.05, 4.69) is 40.3 Å². The number of aromatic amines is 1. The molecular formula is C26H28ClN3O2. The van der Waals surface area contributed by atoms with Gasteiger partial charge in [0.15, 0.2) is 5.82 Å². The molecule has 3 aromatic rings. The summed E-state index contributed by atoms with van der Waals surface area (Å²) in [6.07, 6.45) is 9.12. The predicted octanol–water partition coefficient (Wildman–Crippen LogP) is 5.98. The fraction of sp³-hybridized carbons (Fsp3) is 0.423. The summed E-state index contributed by atoms with van der Waals surface area (Å²) in [7, 11) is 0. The number of rotatable bonds is 5. The highest BCUT2D eigenvalue weighted by Gasteiger charge is 2.24. The number of benzene rings is 1. The summed E-state index contributed by atoms with van der Waals surface area (Å²) < 4.78 is 0. The predicted molar refractivity (Wildman–Crippen MR) is 126 cm³/mol. The van der Waals surface area contributed by atoms with Crippen molar-refractivity contribution in [2.75, 3.05) is 0 Å². The Hall–Kier alpha value is -2.66. The number of halogens is 1. The van der Waals surface area contributed by atoms with E-state index in [1.165, 1.54) is 5.56 Å². The maximum atomic E-state index is 10.9. The van der Waals surface area contributed by atoms with Gasteiger partial charge in [-0.1, -0.05) is 30.3 Å². The molecule has 1 atom stereocenters. The highest BCUT2D eigenvalue weighted by atomic mass is 35.5. The smallest absolute Gasteiger partial charge is 0.303 e. The number of pyridine rings is 1. The Bertz CT molecular complexity index is 1080. The van der Waals surface area contributed by atoms with Crippen LogP contribution in [0.4, 0.5) is 0 Å². The van der Waals surface area contributed by atoms with Gasteiger partial charge in [-0.05, 0) is 67.6 Å². The number of nitrogens with one attached hydrogen (secondary N) is 1. The van der Waals surface area contributed by atoms with Crippen LogP contribution in [0.1, 0.15) is 61.4 Å². The van der Waals surface area contributed by atoms with Gasteiger partial charge in [0, 0.05) is 35.7 Å². The fourth-order valence-corrected chi connectivity index (χ4v) is 5.42. The molecule has 0 bridgehead atoms. The number of hydrogen-bond acceptors (Lipinski definition) is 3. The number of imidazole rings is 1. The lowest BCUT2D eigenvalue weighted by atomic mass is 9.77. The Morgan fingerprint density at radius 1 is 1.03 bits per heavy atom. The first-order chi connectivity index (χ1) is 15.5. The molecular weight excluding hydrogens is 422 g/mol. The molecule has 6 heteroatoms. The monoisotopic (exact) mass is 449 g/mol. The third-order valence-corrected chi connectivity index (χ3v) is 7.39. The molecule has 0 amide bonds. The second-order valence-corrected chi connectivity index (χ2v) is 9.84. The number of nitrogens with zero attached hydrogens (tertiary/aromatic N) is 2. The molecule has 1 aromatic carbocycles. The van der Waals surface area contributed by atoms with E-state index < -0.39 is 5.97 Å². The summed E-state index contributed by atoms with van der Waals surface area (Å²) in [5.74, 6) is 1.02. The molecule has 2 aliphatic carbocycles. The van der Waals surface area contributed by atoms with Crippen molar-refractivity contribution < 1.29 is 9.90 Å². The average molecular weight is 450 g/mol. The molecule has 0 saturated heterocycles. The largest absolute Gasteiger partial charge is 0.481 e. The lowest BCUT2D eigenvalue weighted by Crippen LogP contribution is -2.16. The van der Waals surface area contributed by atoms with Crippen LogP contribution in [-0.4, -0.2) is 31.4 Å². The highest BCUT2D eigenvalue weighted by molar-refractivity contribution is 6.20. The van der Waals surface area contributed by atoms with E-state index in [0.717, 1.165) is 79.0 Å². The molecule has 0 radical (unpaired) electrons. The molecule has 0 spiro atoms. The normalized spacial score (nSPS) is 23.0. The van der Waals surface area contributed by atoms with Crippen LogP contribution in [-0.2, 0) is 17.6 Å². The van der Waals surface area contributed by atoms with Crippen molar-refractivity contribution in [2.24, 2.45) is 5.92 Å². The van der Waals surface area contributed by atoms with Crippen LogP contribution >= 0.6 is 11.6 Å². The number of H-pyrrole nitrogens is 1. The summed E-state index contributed by atoms with van der Waals surface area (Å²) in [4.78, 5) is 23.7. The summed E-state index contributed by atoms with van der Waals surface area (Å²) in [6, 6.07) is 12.9. The average Bonchev–Trinajstić information content (AvgIpc) is 3.23. The van der Waals surface area contributed by atoms with Gasteiger partial charge in [0.1, 0.15) is 5.69 Å². The van der Waals surface area contributed by atoms with E-state index in [1.807, 2.05) is 12.3 Å². The number of carboxylic acid groups (broad SMARTS) is 1. The van der Waals surface area contributed by atoms with Gasteiger partial charge in [0.25, 0.3) is 0 Å². The zero-order valence-corrected chi connectivity index (χ0v) is 18.8. The van der Waals surface area contributed by atoms with Crippen molar-refractivity contribution >= 4 is 17.6 Å². The van der Waals surface area contributed by atoms with Gasteiger partial charge in [-0.2, -0.15) is 0 Å². The summed E-state index contributed by atoms with van der Waals surface area (Å²) >= 11 is 6.29. The maximum absolute atomic E-state index is 10.9. The number of aryl methyl sites for hydroxylation is 1. The lowest BCUT2D eigenvalue weighted by Gasteiger charge is -2.28. The zero-order chi connectivity index (χ0) is 22.1. The van der Waals surface area contributed by atoms with Crippen LogP contribution in [0.5, 0.6) is 0 Å². The van der Waals surface area contributed by atoms with Crippen molar-refractivity contribution in [2.45, 2.75) is 62.7 Å². The third-order valence-electron chi connectivity index (χ3n) is 7.02. The molecule has 0 aliphatic heterocycles. The van der Waals surface area contributed by atoms with Crippen LogP contribution in [0.15, 0.2) is 42.6 Å². The standard InChI is InChI=1S/C26H28ClN3O2/c27-21-10-12-22-24(14-21)30-26(29-22)23-11-9-20(15-28-23)19-7-5-18(6-8-19)17-3-1-16(2-4-17)13-25(31)32/h5-9,11,15-17,21H,1-4,10,12-14H2,(H,29,30)(H,31,32). The van der Waals surface area contributed by atoms with Gasteiger partial charge in [-0.3, -0.25) is 9.78 Å². The van der Waals surface area contributed by atoms with Crippen molar-refractivity contribution in [3.63, 3.8) is 0 Å². The van der Waals surface area contributed by atoms with Crippen LogP contribution in [0, 0.1) is 5.92 Å². The Kier molecular flexibility index (Phi) is 6.01. The number of carboxylic acids is 1. The number of hydrogen-bond donors (Lipinski definition) is 2. The Labute approximate surface area is 193 Å². The molecule has 2 N–H and O–H groups in total. The zero-order valence-electron chi connectivity index (χ0n) is 18.1. The van der Waals surface area contributed by atoms with Crippen LogP contribution in [0.25, 0.3) is 22.6 Å². The number of aliphatic carboxylic acids is 1. The molecule has 2 heterocycles. The Balaban J connectivity index is 1.25. The van der Waals surface area contributed by atoms with Gasteiger partial charge >= 0.3 is 5.97 Å². The van der Waals surface area contributed by atoms with E-state index in [9.17, 15) is 4.79 Å². The quantitative estimate of drug-likeness (QED) is 0.469. The van der Waals surface area contributed by atoms with Crippen LogP contribution in [0.3, 0.4) is 0 Å². The minimum atomic E-state index is -0.673. The SMILES string of the molecule is O=C(O)CC1CCC(c2ccc(-c3ccc(-c4nc5c([nH]4)CC(Cl)CC5)nc3)cc2)CC1. The molecule has 5 nitrogen and oxygen atoms in total. The van der Waals surface area contributed by atoms with Crippen LogP contribution in [0.2, 0.25) is 0 Å². The van der Waals surface area contributed by atoms with Gasteiger partial charge in [0.2, 0.25) is 0 Å². The van der Waals surface area contributed by atoms with Crippen molar-refractivity contribution in [3.8, 4) is 22.6 Å². The van der Waals surface area contributed by atoms with E-state index in [-0.39, 0.29) is 5.38 Å². The van der Waals surface area contributed by atoms with Gasteiger partial charge in [0.05, 0.1) is 5.69 Å². The lowest BCUT2D eigenvalue weighted by molar-refractivity contribution is -0.138. The van der Waals surface area contributed by atoms with E-state index >= 15 is 0 Å². The van der Waals surface area contributed by atoms with Gasteiger partial charge in [-0.15, -0.1) is 11.6 Å². The molecule has 32 heavy (non-hydrogen) atoms. The molecule has 2 aliphatic rings. The first kappa shape index (κ1) is 21.2. The number of fused-ring (bicyclic) bond motifs is 1. The van der Waals surface area contributed by atoms with Crippen LogP contribution < -0.4 is 0 Å². The Morgan fingerprint density at radius 2 is 1.78 bits per heavy atom. The molecule has 1 unspecified atom stereocenters. The first-order valence-electron chi connectivity index (χ1n) is 11.6. The highest BCUT2D eigenvalue weighted by Crippen LogP contribution is 2.37. The van der Waals surface area contributed by atoms with E-state index in [4.69, 9.17) is 21.7 Å². The van der Waals surface area contributed by atoms with Crippen molar-refractivity contribution in [1.82, 2.24) is 15.0 Å². The summed E-state index contributed by atoms with van der Waals surface area (Å²) in [5, 5.41) is 9.19. The van der Waals surface area contributed by atoms with E-state index in [0.29, 0.717) is 18.3 Å². The number of aromatic nitrogens is 3. The topological polar surface area (TPSA) is 78.9 Å². The number of carbonyl (C=O) groups is 1. The maximum Gasteiger partial charge on any atom is 0.303 e. The molecule has 2 aromatic heterocycles. The van der Waals surface area contributed by atoms with E-state index in [1.54, 1.807) is 0 Å². The molecule has 1 fully saturated rings. The molecule has 166 valence electrons. The molecule has 1 saturated carbocycles. The van der Waals surface area contributed by atoms with Crippen molar-refractivity contribution in [1.29, 1.82) is 0 Å². The van der Waals surface area contributed by atoms with Crippen molar-refractivity contribution in [3.05, 3.63) is 59.5 Å². The second-order valence-electron chi connectivity index (χ2n) is 9.22. The van der Waals surface area contributed by atoms with Gasteiger partial charge in [-0.25, -0.2) is 4.98 Å². The summed E-state index contributed by atoms with van der Waals surface area (Å²) in [6.45, 7) is 0. The second kappa shape index (κ2) is 9.07. The fourth-order valence-electron chi connectivity index (χ4n) is 5.16. The minimum absolute atomic E-state index is 0.189.